The van der Waals surface area contributed by atoms with Crippen LogP contribution in [-0.4, -0.2) is 0 Å². The van der Waals surface area contributed by atoms with E-state index in [1.54, 1.807) is 0 Å². The van der Waals surface area contributed by atoms with Gasteiger partial charge >= 0.3 is 6.18 Å². The van der Waals surface area contributed by atoms with Crippen LogP contribution in [0.15, 0.2) is 18.2 Å². The van der Waals surface area contributed by atoms with E-state index in [4.69, 9.17) is 5.73 Å². The molecule has 1 aromatic rings. The normalized spacial score (nSPS) is 17.8. The number of alkyl halides is 3. The van der Waals surface area contributed by atoms with Crippen molar-refractivity contribution < 1.29 is 17.6 Å². The van der Waals surface area contributed by atoms with Crippen molar-refractivity contribution in [3.05, 3.63) is 35.1 Å². The van der Waals surface area contributed by atoms with Gasteiger partial charge in [-0.2, -0.15) is 13.2 Å². The summed E-state index contributed by atoms with van der Waals surface area (Å²) >= 11 is 0. The van der Waals surface area contributed by atoms with Crippen molar-refractivity contribution in [2.75, 3.05) is 0 Å². The molecule has 6 heteroatoms. The molecule has 0 unspecified atom stereocenters. The van der Waals surface area contributed by atoms with Gasteiger partial charge in [0.1, 0.15) is 5.82 Å². The molecule has 0 spiro atoms. The maximum atomic E-state index is 13.1. The molecule has 1 aliphatic carbocycles. The van der Waals surface area contributed by atoms with Gasteiger partial charge in [0.05, 0.1) is 5.56 Å². The van der Waals surface area contributed by atoms with Crippen LogP contribution < -0.4 is 5.73 Å². The summed E-state index contributed by atoms with van der Waals surface area (Å²) < 4.78 is 50.6. The topological polar surface area (TPSA) is 26.0 Å². The molecule has 0 heterocycles. The van der Waals surface area contributed by atoms with Gasteiger partial charge in [-0.05, 0) is 36.5 Å². The van der Waals surface area contributed by atoms with E-state index in [0.29, 0.717) is 5.56 Å². The van der Waals surface area contributed by atoms with Gasteiger partial charge in [0.2, 0.25) is 0 Å². The molecule has 102 valence electrons. The van der Waals surface area contributed by atoms with Crippen molar-refractivity contribution in [2.24, 2.45) is 11.7 Å². The molecule has 1 nitrogen and oxygen atoms in total. The van der Waals surface area contributed by atoms with E-state index in [0.717, 1.165) is 31.4 Å². The summed E-state index contributed by atoms with van der Waals surface area (Å²) in [5.74, 6) is -1.02. The van der Waals surface area contributed by atoms with Crippen LogP contribution in [0.3, 0.4) is 0 Å². The van der Waals surface area contributed by atoms with Crippen LogP contribution in [0.2, 0.25) is 0 Å². The highest BCUT2D eigenvalue weighted by atomic mass is 35.5. The SMILES string of the molecule is Cl.N[C@H](c1ccc(F)c(C(F)(F)F)c1)C1CCC1. The van der Waals surface area contributed by atoms with E-state index in [2.05, 4.69) is 0 Å². The molecule has 2 N–H and O–H groups in total. The summed E-state index contributed by atoms with van der Waals surface area (Å²) in [6, 6.07) is 2.59. The van der Waals surface area contributed by atoms with E-state index in [9.17, 15) is 17.6 Å². The van der Waals surface area contributed by atoms with Crippen LogP contribution in [0.5, 0.6) is 0 Å². The van der Waals surface area contributed by atoms with Gasteiger partial charge in [-0.25, -0.2) is 4.39 Å². The van der Waals surface area contributed by atoms with Crippen molar-refractivity contribution in [3.63, 3.8) is 0 Å². The standard InChI is InChI=1S/C12H13F4N.ClH/c13-10-5-4-8(6-9(10)12(14,15)16)11(17)7-2-1-3-7;/h4-7,11H,1-3,17H2;1H/t11-;/m0./s1. The molecular weight excluding hydrogens is 270 g/mol. The summed E-state index contributed by atoms with van der Waals surface area (Å²) in [5, 5.41) is 0. The van der Waals surface area contributed by atoms with E-state index in [-0.39, 0.29) is 18.3 Å². The summed E-state index contributed by atoms with van der Waals surface area (Å²) in [6.07, 6.45) is -1.75. The zero-order valence-corrected chi connectivity index (χ0v) is 10.3. The molecule has 0 amide bonds. The molecule has 1 aromatic carbocycles. The Labute approximate surface area is 109 Å². The van der Waals surface area contributed by atoms with Gasteiger partial charge in [0.25, 0.3) is 0 Å². The number of benzene rings is 1. The van der Waals surface area contributed by atoms with Gasteiger partial charge in [-0.15, -0.1) is 12.4 Å². The number of halogens is 5. The third-order valence-corrected chi connectivity index (χ3v) is 3.34. The second-order valence-corrected chi connectivity index (χ2v) is 4.45. The molecule has 0 aliphatic heterocycles. The number of hydrogen-bond donors (Lipinski definition) is 1. The van der Waals surface area contributed by atoms with E-state index < -0.39 is 23.6 Å². The van der Waals surface area contributed by atoms with Crippen molar-refractivity contribution in [1.29, 1.82) is 0 Å². The molecule has 0 aromatic heterocycles. The summed E-state index contributed by atoms with van der Waals surface area (Å²) in [4.78, 5) is 0. The molecule has 0 saturated heterocycles. The first-order valence-electron chi connectivity index (χ1n) is 5.52. The predicted molar refractivity (Wildman–Crippen MR) is 62.9 cm³/mol. The van der Waals surface area contributed by atoms with Gasteiger partial charge in [0, 0.05) is 6.04 Å². The third-order valence-electron chi connectivity index (χ3n) is 3.34. The highest BCUT2D eigenvalue weighted by Gasteiger charge is 2.35. The lowest BCUT2D eigenvalue weighted by Gasteiger charge is -2.31. The third kappa shape index (κ3) is 2.95. The van der Waals surface area contributed by atoms with E-state index in [1.807, 2.05) is 0 Å². The van der Waals surface area contributed by atoms with Crippen LogP contribution >= 0.6 is 12.4 Å². The lowest BCUT2D eigenvalue weighted by molar-refractivity contribution is -0.140. The minimum Gasteiger partial charge on any atom is -0.324 e. The molecule has 2 rings (SSSR count). The Morgan fingerprint density at radius 1 is 1.22 bits per heavy atom. The molecule has 1 atom stereocenters. The molecule has 0 bridgehead atoms. The Hall–Kier alpha value is -0.810. The maximum Gasteiger partial charge on any atom is 0.419 e. The van der Waals surface area contributed by atoms with Crippen molar-refractivity contribution in [2.45, 2.75) is 31.5 Å². The van der Waals surface area contributed by atoms with Gasteiger partial charge in [0.15, 0.2) is 0 Å². The molecular formula is C12H14ClF4N. The Balaban J connectivity index is 0.00000162. The fraction of sp³-hybridized carbons (Fsp3) is 0.500. The minimum atomic E-state index is -4.67. The van der Waals surface area contributed by atoms with Gasteiger partial charge < -0.3 is 5.73 Å². The molecule has 1 aliphatic rings. The summed E-state index contributed by atoms with van der Waals surface area (Å²) in [6.45, 7) is 0. The lowest BCUT2D eigenvalue weighted by atomic mass is 9.77. The number of hydrogen-bond acceptors (Lipinski definition) is 1. The Morgan fingerprint density at radius 3 is 2.28 bits per heavy atom. The first kappa shape index (κ1) is 15.2. The lowest BCUT2D eigenvalue weighted by Crippen LogP contribution is -2.27. The Morgan fingerprint density at radius 2 is 1.83 bits per heavy atom. The van der Waals surface area contributed by atoms with Crippen LogP contribution in [0.25, 0.3) is 0 Å². The summed E-state index contributed by atoms with van der Waals surface area (Å²) in [5.41, 5.74) is 5.01. The summed E-state index contributed by atoms with van der Waals surface area (Å²) in [7, 11) is 0. The van der Waals surface area contributed by atoms with Gasteiger partial charge in [-0.3, -0.25) is 0 Å². The zero-order valence-electron chi connectivity index (χ0n) is 9.51. The van der Waals surface area contributed by atoms with Crippen LogP contribution in [0.1, 0.15) is 36.4 Å². The Kier molecular flexibility index (Phi) is 4.61. The fourth-order valence-corrected chi connectivity index (χ4v) is 2.04. The highest BCUT2D eigenvalue weighted by Crippen LogP contribution is 2.38. The smallest absolute Gasteiger partial charge is 0.324 e. The molecule has 18 heavy (non-hydrogen) atoms. The first-order chi connectivity index (χ1) is 7.89. The monoisotopic (exact) mass is 283 g/mol. The zero-order chi connectivity index (χ0) is 12.6. The van der Waals surface area contributed by atoms with Gasteiger partial charge in [-0.1, -0.05) is 12.5 Å². The van der Waals surface area contributed by atoms with Crippen molar-refractivity contribution in [1.82, 2.24) is 0 Å². The fourth-order valence-electron chi connectivity index (χ4n) is 2.04. The quantitative estimate of drug-likeness (QED) is 0.814. The molecule has 0 radical (unpaired) electrons. The van der Waals surface area contributed by atoms with Crippen LogP contribution in [-0.2, 0) is 6.18 Å². The largest absolute Gasteiger partial charge is 0.419 e. The van der Waals surface area contributed by atoms with Crippen molar-refractivity contribution in [3.8, 4) is 0 Å². The highest BCUT2D eigenvalue weighted by molar-refractivity contribution is 5.85. The number of rotatable bonds is 2. The van der Waals surface area contributed by atoms with Crippen molar-refractivity contribution >= 4 is 12.4 Å². The molecule has 1 saturated carbocycles. The van der Waals surface area contributed by atoms with Crippen LogP contribution in [0, 0.1) is 11.7 Å². The van der Waals surface area contributed by atoms with Crippen LogP contribution in [0.4, 0.5) is 17.6 Å². The predicted octanol–water partition coefficient (Wildman–Crippen LogP) is 4.07. The second-order valence-electron chi connectivity index (χ2n) is 4.45. The number of nitrogens with two attached hydrogens (primary N) is 1. The first-order valence-corrected chi connectivity index (χ1v) is 5.52. The maximum absolute atomic E-state index is 13.1. The van der Waals surface area contributed by atoms with E-state index in [1.165, 1.54) is 6.07 Å². The second kappa shape index (κ2) is 5.45. The van der Waals surface area contributed by atoms with E-state index >= 15 is 0 Å². The average molecular weight is 284 g/mol. The average Bonchev–Trinajstić information content (AvgIpc) is 2.13. The minimum absolute atomic E-state index is 0. The molecule has 1 fully saturated rings. The Bertz CT molecular complexity index is 415.